The molecule has 2 aliphatic rings. The zero-order valence-corrected chi connectivity index (χ0v) is 12.8. The Bertz CT molecular complexity index is 730. The molecule has 1 aliphatic carbocycles. The van der Waals surface area contributed by atoms with Crippen LogP contribution in [-0.2, 0) is 28.9 Å². The van der Waals surface area contributed by atoms with Gasteiger partial charge < -0.3 is 9.84 Å². The van der Waals surface area contributed by atoms with E-state index in [1.165, 1.54) is 4.68 Å². The molecule has 0 spiro atoms. The van der Waals surface area contributed by atoms with E-state index in [1.807, 2.05) is 0 Å². The molecule has 122 valence electrons. The average molecular weight is 317 g/mol. The fourth-order valence-corrected chi connectivity index (χ4v) is 3.41. The van der Waals surface area contributed by atoms with Gasteiger partial charge in [-0.1, -0.05) is 0 Å². The Kier molecular flexibility index (Phi) is 3.60. The van der Waals surface area contributed by atoms with E-state index in [-0.39, 0.29) is 12.5 Å². The first kappa shape index (κ1) is 14.4. The predicted octanol–water partition coefficient (Wildman–Crippen LogP) is 1.14. The number of fused-ring (bicyclic) bond motifs is 1. The molecule has 0 bridgehead atoms. The van der Waals surface area contributed by atoms with Crippen LogP contribution in [0.1, 0.15) is 42.3 Å². The van der Waals surface area contributed by atoms with Gasteiger partial charge >= 0.3 is 5.97 Å². The van der Waals surface area contributed by atoms with Crippen molar-refractivity contribution in [3.05, 3.63) is 17.1 Å². The number of rotatable bonds is 4. The van der Waals surface area contributed by atoms with Gasteiger partial charge in [-0.05, 0) is 32.1 Å². The number of aromatic amines is 1. The fraction of sp³-hybridized carbons (Fsp3) is 0.600. The third-order valence-electron chi connectivity index (χ3n) is 4.58. The van der Waals surface area contributed by atoms with Crippen LogP contribution in [0, 0.1) is 0 Å². The maximum Gasteiger partial charge on any atom is 0.325 e. The predicted molar refractivity (Wildman–Crippen MR) is 80.1 cm³/mol. The van der Waals surface area contributed by atoms with Gasteiger partial charge in [0.1, 0.15) is 12.2 Å². The second kappa shape index (κ2) is 5.77. The van der Waals surface area contributed by atoms with Crippen LogP contribution in [-0.4, -0.2) is 49.3 Å². The minimum absolute atomic E-state index is 0.201. The van der Waals surface area contributed by atoms with Crippen LogP contribution in [0.15, 0.2) is 0 Å². The van der Waals surface area contributed by atoms with E-state index in [1.54, 1.807) is 0 Å². The maximum absolute atomic E-state index is 11.2. The van der Waals surface area contributed by atoms with Crippen LogP contribution in [0.5, 0.6) is 0 Å². The van der Waals surface area contributed by atoms with Crippen molar-refractivity contribution in [3.63, 3.8) is 0 Å². The van der Waals surface area contributed by atoms with Gasteiger partial charge in [-0.2, -0.15) is 10.2 Å². The monoisotopic (exact) mass is 317 g/mol. The Morgan fingerprint density at radius 3 is 2.96 bits per heavy atom. The van der Waals surface area contributed by atoms with Crippen LogP contribution in [0.4, 0.5) is 0 Å². The Labute approximate surface area is 132 Å². The van der Waals surface area contributed by atoms with E-state index in [0.29, 0.717) is 24.9 Å². The lowest BCUT2D eigenvalue weighted by Gasteiger charge is -2.18. The van der Waals surface area contributed by atoms with Crippen molar-refractivity contribution in [2.75, 3.05) is 13.2 Å². The van der Waals surface area contributed by atoms with E-state index in [2.05, 4.69) is 20.3 Å². The Morgan fingerprint density at radius 2 is 2.17 bits per heavy atom. The highest BCUT2D eigenvalue weighted by Crippen LogP contribution is 2.31. The standard InChI is InChI=1S/C15H19N5O3/c21-12(22)8-20-15(13-10-2-1-3-11(10)17-18-13)16-14(19-20)9-4-6-23-7-5-9/h9H,1-8H2,(H,17,18)(H,21,22). The highest BCUT2D eigenvalue weighted by atomic mass is 16.5. The zero-order chi connectivity index (χ0) is 15.8. The number of aryl methyl sites for hydroxylation is 1. The summed E-state index contributed by atoms with van der Waals surface area (Å²) in [5.74, 6) is 0.569. The molecule has 0 amide bonds. The van der Waals surface area contributed by atoms with Crippen LogP contribution < -0.4 is 0 Å². The van der Waals surface area contributed by atoms with E-state index in [9.17, 15) is 4.79 Å². The van der Waals surface area contributed by atoms with Gasteiger partial charge in [0.05, 0.1) is 0 Å². The molecule has 8 nitrogen and oxygen atoms in total. The van der Waals surface area contributed by atoms with Gasteiger partial charge in [-0.3, -0.25) is 9.89 Å². The van der Waals surface area contributed by atoms with Crippen LogP contribution in [0.3, 0.4) is 0 Å². The molecule has 23 heavy (non-hydrogen) atoms. The molecule has 0 saturated carbocycles. The van der Waals surface area contributed by atoms with Crippen molar-refractivity contribution in [2.45, 2.75) is 44.6 Å². The summed E-state index contributed by atoms with van der Waals surface area (Å²) in [6, 6.07) is 0. The van der Waals surface area contributed by atoms with Crippen molar-refractivity contribution in [3.8, 4) is 11.5 Å². The SMILES string of the molecule is O=C(O)Cn1nc(C2CCOCC2)nc1-c1n[nH]c2c1CCC2. The molecule has 0 radical (unpaired) electrons. The second-order valence-electron chi connectivity index (χ2n) is 6.11. The molecular formula is C15H19N5O3. The van der Waals surface area contributed by atoms with Gasteiger partial charge in [0.15, 0.2) is 11.6 Å². The topological polar surface area (TPSA) is 106 Å². The summed E-state index contributed by atoms with van der Waals surface area (Å²) in [5, 5.41) is 21.1. The number of aromatic nitrogens is 5. The number of H-pyrrole nitrogens is 1. The summed E-state index contributed by atoms with van der Waals surface area (Å²) < 4.78 is 6.86. The lowest BCUT2D eigenvalue weighted by Crippen LogP contribution is -2.16. The fourth-order valence-electron chi connectivity index (χ4n) is 3.41. The van der Waals surface area contributed by atoms with Crippen LogP contribution >= 0.6 is 0 Å². The molecule has 1 saturated heterocycles. The number of hydrogen-bond acceptors (Lipinski definition) is 5. The third-order valence-corrected chi connectivity index (χ3v) is 4.58. The second-order valence-corrected chi connectivity index (χ2v) is 6.11. The first-order valence-electron chi connectivity index (χ1n) is 8.03. The lowest BCUT2D eigenvalue weighted by molar-refractivity contribution is -0.137. The minimum Gasteiger partial charge on any atom is -0.480 e. The number of carbonyl (C=O) groups is 1. The van der Waals surface area contributed by atoms with Gasteiger partial charge in [0.2, 0.25) is 0 Å². The summed E-state index contributed by atoms with van der Waals surface area (Å²) in [7, 11) is 0. The summed E-state index contributed by atoms with van der Waals surface area (Å²) in [4.78, 5) is 15.8. The van der Waals surface area contributed by atoms with Crippen molar-refractivity contribution in [1.29, 1.82) is 0 Å². The van der Waals surface area contributed by atoms with Crippen molar-refractivity contribution in [1.82, 2.24) is 25.0 Å². The number of nitrogens with zero attached hydrogens (tertiary/aromatic N) is 4. The first-order valence-corrected chi connectivity index (χ1v) is 8.03. The first-order chi connectivity index (χ1) is 11.2. The molecule has 0 atom stereocenters. The van der Waals surface area contributed by atoms with Gasteiger partial charge in [-0.25, -0.2) is 9.67 Å². The number of carboxylic acids is 1. The van der Waals surface area contributed by atoms with Gasteiger partial charge in [0.25, 0.3) is 0 Å². The normalized spacial score (nSPS) is 18.3. The third kappa shape index (κ3) is 2.63. The number of nitrogens with one attached hydrogen (secondary N) is 1. The summed E-state index contributed by atoms with van der Waals surface area (Å²) in [6.45, 7) is 1.20. The van der Waals surface area contributed by atoms with E-state index < -0.39 is 5.97 Å². The Morgan fingerprint density at radius 1 is 1.35 bits per heavy atom. The molecule has 2 aromatic heterocycles. The molecule has 4 rings (SSSR count). The Hall–Kier alpha value is -2.22. The molecule has 1 aliphatic heterocycles. The molecule has 0 unspecified atom stereocenters. The van der Waals surface area contributed by atoms with Crippen LogP contribution in [0.2, 0.25) is 0 Å². The minimum atomic E-state index is -0.929. The van der Waals surface area contributed by atoms with E-state index in [4.69, 9.17) is 9.84 Å². The molecular weight excluding hydrogens is 298 g/mol. The highest BCUT2D eigenvalue weighted by molar-refractivity contribution is 5.68. The quantitative estimate of drug-likeness (QED) is 0.876. The number of ether oxygens (including phenoxy) is 1. The maximum atomic E-state index is 11.2. The van der Waals surface area contributed by atoms with E-state index in [0.717, 1.165) is 49.1 Å². The molecule has 2 N–H and O–H groups in total. The largest absolute Gasteiger partial charge is 0.480 e. The Balaban J connectivity index is 1.74. The van der Waals surface area contributed by atoms with Gasteiger partial charge in [0, 0.05) is 30.4 Å². The summed E-state index contributed by atoms with van der Waals surface area (Å²) in [5.41, 5.74) is 3.05. The summed E-state index contributed by atoms with van der Waals surface area (Å²) >= 11 is 0. The molecule has 2 aromatic rings. The molecule has 0 aromatic carbocycles. The number of carboxylic acid groups (broad SMARTS) is 1. The van der Waals surface area contributed by atoms with Crippen LogP contribution in [0.25, 0.3) is 11.5 Å². The van der Waals surface area contributed by atoms with Crippen molar-refractivity contribution < 1.29 is 14.6 Å². The average Bonchev–Trinajstić information content (AvgIpc) is 3.22. The highest BCUT2D eigenvalue weighted by Gasteiger charge is 2.27. The molecule has 3 heterocycles. The summed E-state index contributed by atoms with van der Waals surface area (Å²) in [6.07, 6.45) is 4.77. The van der Waals surface area contributed by atoms with Crippen molar-refractivity contribution in [2.24, 2.45) is 0 Å². The molecule has 8 heteroatoms. The smallest absolute Gasteiger partial charge is 0.325 e. The van der Waals surface area contributed by atoms with Gasteiger partial charge in [-0.15, -0.1) is 0 Å². The number of aliphatic carboxylic acids is 1. The lowest BCUT2D eigenvalue weighted by atomic mass is 10.00. The zero-order valence-electron chi connectivity index (χ0n) is 12.8. The number of hydrogen-bond donors (Lipinski definition) is 2. The van der Waals surface area contributed by atoms with Crippen molar-refractivity contribution >= 4 is 5.97 Å². The molecule has 1 fully saturated rings. The van der Waals surface area contributed by atoms with E-state index >= 15 is 0 Å².